The summed E-state index contributed by atoms with van der Waals surface area (Å²) in [5.41, 5.74) is 7.42. The van der Waals surface area contributed by atoms with Crippen LogP contribution in [0.3, 0.4) is 0 Å². The smallest absolute Gasteiger partial charge is 0.320 e. The van der Waals surface area contributed by atoms with Gasteiger partial charge in [-0.1, -0.05) is 18.2 Å². The first-order valence-corrected chi connectivity index (χ1v) is 6.17. The van der Waals surface area contributed by atoms with Gasteiger partial charge >= 0.3 is 5.97 Å². The third kappa shape index (κ3) is 2.64. The molecule has 3 N–H and O–H groups in total. The number of rotatable bonds is 3. The molecule has 0 saturated heterocycles. The minimum absolute atomic E-state index is 0.198. The molecule has 1 heterocycles. The van der Waals surface area contributed by atoms with E-state index in [0.717, 1.165) is 29.7 Å². The van der Waals surface area contributed by atoms with Gasteiger partial charge in [0.05, 0.1) is 0 Å². The summed E-state index contributed by atoms with van der Waals surface area (Å²) in [7, 11) is 0. The summed E-state index contributed by atoms with van der Waals surface area (Å²) in [6, 6.07) is 4.97. The van der Waals surface area contributed by atoms with Gasteiger partial charge in [0.25, 0.3) is 0 Å². The molecule has 0 amide bonds. The van der Waals surface area contributed by atoms with Gasteiger partial charge in [0.2, 0.25) is 0 Å². The number of hydrogen-bond acceptors (Lipinski definition) is 3. The third-order valence-corrected chi connectivity index (χ3v) is 3.31. The maximum atomic E-state index is 10.8. The fraction of sp³-hybridized carbons (Fsp3) is 0.500. The van der Waals surface area contributed by atoms with E-state index in [4.69, 9.17) is 15.6 Å². The number of benzene rings is 1. The highest BCUT2D eigenvalue weighted by atomic mass is 16.5. The molecular weight excluding hydrogens is 230 g/mol. The predicted molar refractivity (Wildman–Crippen MR) is 68.8 cm³/mol. The van der Waals surface area contributed by atoms with E-state index in [1.54, 1.807) is 0 Å². The molecular formula is C14H19NO3. The molecule has 0 radical (unpaired) electrons. The highest BCUT2D eigenvalue weighted by Gasteiger charge is 2.28. The number of carbonyl (C=O) groups is 1. The average Bonchev–Trinajstić information content (AvgIpc) is 2.29. The zero-order valence-electron chi connectivity index (χ0n) is 10.8. The fourth-order valence-electron chi connectivity index (χ4n) is 2.21. The Morgan fingerprint density at radius 3 is 2.94 bits per heavy atom. The lowest BCUT2D eigenvalue weighted by Gasteiger charge is -2.34. The molecule has 0 fully saturated rings. The van der Waals surface area contributed by atoms with Crippen LogP contribution in [0.15, 0.2) is 18.2 Å². The minimum Gasteiger partial charge on any atom is -0.487 e. The highest BCUT2D eigenvalue weighted by molar-refractivity contribution is 5.73. The van der Waals surface area contributed by atoms with Crippen molar-refractivity contribution in [1.82, 2.24) is 0 Å². The Morgan fingerprint density at radius 2 is 2.28 bits per heavy atom. The second-order valence-corrected chi connectivity index (χ2v) is 5.42. The van der Waals surface area contributed by atoms with Gasteiger partial charge in [0.15, 0.2) is 0 Å². The molecule has 1 aliphatic heterocycles. The lowest BCUT2D eigenvalue weighted by molar-refractivity contribution is -0.138. The molecule has 2 rings (SSSR count). The summed E-state index contributed by atoms with van der Waals surface area (Å²) in [6.45, 7) is 4.09. The summed E-state index contributed by atoms with van der Waals surface area (Å²) in [5.74, 6) is -0.159. The number of hydrogen-bond donors (Lipinski definition) is 2. The average molecular weight is 249 g/mol. The number of para-hydroxylation sites is 1. The third-order valence-electron chi connectivity index (χ3n) is 3.31. The van der Waals surface area contributed by atoms with Crippen molar-refractivity contribution in [3.63, 3.8) is 0 Å². The maximum absolute atomic E-state index is 10.8. The van der Waals surface area contributed by atoms with Gasteiger partial charge in [-0.3, -0.25) is 4.79 Å². The molecule has 0 saturated carbocycles. The molecule has 1 unspecified atom stereocenters. The van der Waals surface area contributed by atoms with Crippen molar-refractivity contribution in [2.24, 2.45) is 5.73 Å². The lowest BCUT2D eigenvalue weighted by atomic mass is 9.91. The first kappa shape index (κ1) is 12.9. The molecule has 4 heteroatoms. The molecule has 18 heavy (non-hydrogen) atoms. The Labute approximate surface area is 107 Å². The van der Waals surface area contributed by atoms with E-state index in [1.165, 1.54) is 0 Å². The highest BCUT2D eigenvalue weighted by Crippen LogP contribution is 2.36. The molecule has 0 spiro atoms. The van der Waals surface area contributed by atoms with Crippen LogP contribution >= 0.6 is 0 Å². The molecule has 98 valence electrons. The first-order valence-electron chi connectivity index (χ1n) is 6.17. The summed E-state index contributed by atoms with van der Waals surface area (Å²) in [6.07, 6.45) is 2.22. The number of fused-ring (bicyclic) bond motifs is 1. The van der Waals surface area contributed by atoms with E-state index in [0.29, 0.717) is 6.42 Å². The maximum Gasteiger partial charge on any atom is 0.320 e. The number of aliphatic carboxylic acids is 1. The van der Waals surface area contributed by atoms with Crippen LogP contribution in [0, 0.1) is 0 Å². The standard InChI is InChI=1S/C14H19NO3/c1-14(2)7-6-9-4-3-5-10(12(9)18-14)8-11(15)13(16)17/h3-5,11H,6-8,15H2,1-2H3,(H,16,17). The van der Waals surface area contributed by atoms with Crippen LogP contribution in [0.1, 0.15) is 31.4 Å². The Bertz CT molecular complexity index is 468. The van der Waals surface area contributed by atoms with Gasteiger partial charge in [-0.15, -0.1) is 0 Å². The summed E-state index contributed by atoms with van der Waals surface area (Å²) >= 11 is 0. The molecule has 0 aliphatic carbocycles. The molecule has 0 aromatic heterocycles. The molecule has 1 aromatic rings. The summed E-state index contributed by atoms with van der Waals surface area (Å²) in [5, 5.41) is 8.88. The van der Waals surface area contributed by atoms with E-state index >= 15 is 0 Å². The Balaban J connectivity index is 2.30. The second kappa shape index (κ2) is 4.61. The Morgan fingerprint density at radius 1 is 1.56 bits per heavy atom. The fourth-order valence-corrected chi connectivity index (χ4v) is 2.21. The van der Waals surface area contributed by atoms with Gasteiger partial charge in [-0.25, -0.2) is 0 Å². The minimum atomic E-state index is -0.984. The van der Waals surface area contributed by atoms with Gasteiger partial charge in [0, 0.05) is 6.42 Å². The van der Waals surface area contributed by atoms with Crippen LogP contribution < -0.4 is 10.5 Å². The van der Waals surface area contributed by atoms with Gasteiger partial charge in [-0.05, 0) is 37.8 Å². The topological polar surface area (TPSA) is 72.6 Å². The van der Waals surface area contributed by atoms with Crippen molar-refractivity contribution in [1.29, 1.82) is 0 Å². The van der Waals surface area contributed by atoms with Crippen molar-refractivity contribution in [3.8, 4) is 5.75 Å². The zero-order chi connectivity index (χ0) is 13.3. The monoisotopic (exact) mass is 249 g/mol. The number of carboxylic acids is 1. The molecule has 1 aromatic carbocycles. The van der Waals surface area contributed by atoms with Crippen molar-refractivity contribution in [2.45, 2.75) is 44.8 Å². The SMILES string of the molecule is CC1(C)CCc2cccc(CC(N)C(=O)O)c2O1. The normalized spacial score (nSPS) is 18.6. The van der Waals surface area contributed by atoms with Crippen molar-refractivity contribution >= 4 is 5.97 Å². The van der Waals surface area contributed by atoms with Gasteiger partial charge in [0.1, 0.15) is 17.4 Å². The molecule has 4 nitrogen and oxygen atoms in total. The predicted octanol–water partition coefficient (Wildman–Crippen LogP) is 1.74. The van der Waals surface area contributed by atoms with Crippen LogP contribution in [-0.2, 0) is 17.6 Å². The van der Waals surface area contributed by atoms with Crippen molar-refractivity contribution in [3.05, 3.63) is 29.3 Å². The summed E-state index contributed by atoms with van der Waals surface area (Å²) < 4.78 is 5.98. The largest absolute Gasteiger partial charge is 0.487 e. The van der Waals surface area contributed by atoms with Crippen molar-refractivity contribution < 1.29 is 14.6 Å². The van der Waals surface area contributed by atoms with Gasteiger partial charge in [-0.2, -0.15) is 0 Å². The number of carboxylic acid groups (broad SMARTS) is 1. The van der Waals surface area contributed by atoms with Crippen LogP contribution in [0.4, 0.5) is 0 Å². The van der Waals surface area contributed by atoms with Crippen LogP contribution in [0.5, 0.6) is 5.75 Å². The molecule has 1 atom stereocenters. The number of aryl methyl sites for hydroxylation is 1. The lowest BCUT2D eigenvalue weighted by Crippen LogP contribution is -2.35. The van der Waals surface area contributed by atoms with E-state index in [1.807, 2.05) is 32.0 Å². The van der Waals surface area contributed by atoms with E-state index in [9.17, 15) is 4.79 Å². The van der Waals surface area contributed by atoms with Gasteiger partial charge < -0.3 is 15.6 Å². The number of ether oxygens (including phenoxy) is 1. The van der Waals surface area contributed by atoms with Crippen molar-refractivity contribution in [2.75, 3.05) is 0 Å². The second-order valence-electron chi connectivity index (χ2n) is 5.42. The van der Waals surface area contributed by atoms with E-state index < -0.39 is 12.0 Å². The quantitative estimate of drug-likeness (QED) is 0.856. The van der Waals surface area contributed by atoms with Crippen LogP contribution in [0.2, 0.25) is 0 Å². The number of nitrogens with two attached hydrogens (primary N) is 1. The van der Waals surface area contributed by atoms with E-state index in [-0.39, 0.29) is 5.60 Å². The zero-order valence-corrected chi connectivity index (χ0v) is 10.8. The first-order chi connectivity index (χ1) is 8.39. The molecule has 0 bridgehead atoms. The molecule has 1 aliphatic rings. The Hall–Kier alpha value is -1.55. The van der Waals surface area contributed by atoms with Crippen LogP contribution in [0.25, 0.3) is 0 Å². The summed E-state index contributed by atoms with van der Waals surface area (Å²) in [4.78, 5) is 10.8. The van der Waals surface area contributed by atoms with Crippen LogP contribution in [-0.4, -0.2) is 22.7 Å². The van der Waals surface area contributed by atoms with E-state index in [2.05, 4.69) is 0 Å². The Kier molecular flexibility index (Phi) is 3.30.